The third kappa shape index (κ3) is 7.39. The van der Waals surface area contributed by atoms with E-state index in [4.69, 9.17) is 44.3 Å². The maximum absolute atomic E-state index is 13.9. The minimum absolute atomic E-state index is 0.121. The zero-order valence-electron chi connectivity index (χ0n) is 25.5. The van der Waals surface area contributed by atoms with Gasteiger partial charge in [-0.2, -0.15) is 0 Å². The van der Waals surface area contributed by atoms with E-state index in [9.17, 15) is 14.4 Å². The second-order valence-corrected chi connectivity index (χ2v) is 18.3. The maximum atomic E-state index is 13.9. The summed E-state index contributed by atoms with van der Waals surface area (Å²) in [5.74, 6) is -0.695. The van der Waals surface area contributed by atoms with Crippen LogP contribution in [0.4, 0.5) is 0 Å². The summed E-state index contributed by atoms with van der Waals surface area (Å²) in [7, 11) is -2.45. The van der Waals surface area contributed by atoms with Gasteiger partial charge in [-0.25, -0.2) is 4.79 Å². The van der Waals surface area contributed by atoms with Gasteiger partial charge in [-0.15, -0.1) is 11.8 Å². The molecule has 0 aliphatic carbocycles. The van der Waals surface area contributed by atoms with Crippen LogP contribution < -0.4 is 26.0 Å². The molecular weight excluding hydrogens is 710 g/mol. The van der Waals surface area contributed by atoms with Gasteiger partial charge in [-0.1, -0.05) is 108 Å². The Morgan fingerprint density at radius 1 is 0.812 bits per heavy atom. The van der Waals surface area contributed by atoms with Crippen molar-refractivity contribution in [2.75, 3.05) is 25.1 Å². The molecule has 7 nitrogen and oxygen atoms in total. The molecule has 246 valence electrons. The summed E-state index contributed by atoms with van der Waals surface area (Å²) in [6, 6.07) is 38.8. The minimum Gasteiger partial charge on any atom is -0.484 e. The Bertz CT molecular complexity index is 1700. The fourth-order valence-electron chi connectivity index (χ4n) is 5.94. The van der Waals surface area contributed by atoms with Gasteiger partial charge in [0.05, 0.1) is 6.16 Å². The van der Waals surface area contributed by atoms with Gasteiger partial charge in [-0.05, 0) is 48.5 Å². The average Bonchev–Trinajstić information content (AvgIpc) is 3.12. The zero-order chi connectivity index (χ0) is 33.7. The van der Waals surface area contributed by atoms with Crippen molar-refractivity contribution in [1.29, 1.82) is 0 Å². The minimum atomic E-state index is -2.45. The lowest BCUT2D eigenvalue weighted by atomic mass is 10.0. The molecule has 4 aromatic rings. The molecule has 1 N–H and O–H groups in total. The van der Waals surface area contributed by atoms with Crippen molar-refractivity contribution < 1.29 is 23.9 Å². The number of fused-ring (bicyclic) bond motifs is 1. The zero-order valence-corrected chi connectivity index (χ0v) is 29.5. The largest absolute Gasteiger partial charge is 0.484 e. The molecule has 0 spiro atoms. The van der Waals surface area contributed by atoms with Gasteiger partial charge in [0.2, 0.25) is 3.79 Å². The lowest BCUT2D eigenvalue weighted by Crippen LogP contribution is -2.71. The van der Waals surface area contributed by atoms with E-state index in [0.29, 0.717) is 17.7 Å². The monoisotopic (exact) mass is 739 g/mol. The van der Waals surface area contributed by atoms with Crippen molar-refractivity contribution in [1.82, 2.24) is 10.2 Å². The Morgan fingerprint density at radius 3 is 1.81 bits per heavy atom. The molecule has 12 heteroatoms. The number of rotatable bonds is 11. The van der Waals surface area contributed by atoms with Gasteiger partial charge < -0.3 is 14.8 Å². The number of alkyl halides is 3. The number of carbonyl (C=O) groups excluding carboxylic acids is 3. The van der Waals surface area contributed by atoms with Crippen LogP contribution in [-0.2, 0) is 19.1 Å². The molecule has 2 atom stereocenters. The molecule has 0 unspecified atom stereocenters. The normalized spacial score (nSPS) is 17.6. The van der Waals surface area contributed by atoms with Gasteiger partial charge in [0.1, 0.15) is 52.6 Å². The number of benzene rings is 4. The van der Waals surface area contributed by atoms with Gasteiger partial charge in [-0.3, -0.25) is 14.5 Å². The Balaban J connectivity index is 1.38. The number of hydrogen-bond donors (Lipinski definition) is 1. The maximum Gasteiger partial charge on any atom is 0.355 e. The average molecular weight is 741 g/mol. The molecule has 6 rings (SSSR count). The summed E-state index contributed by atoms with van der Waals surface area (Å²) in [6.07, 6.45) is 0.453. The number of amides is 2. The molecule has 1 saturated heterocycles. The molecular formula is C36H31Cl3N2O5PS+. The molecule has 2 aliphatic rings. The van der Waals surface area contributed by atoms with Crippen molar-refractivity contribution in [2.24, 2.45) is 0 Å². The number of para-hydroxylation sites is 1. The first-order valence-electron chi connectivity index (χ1n) is 15.1. The van der Waals surface area contributed by atoms with Gasteiger partial charge >= 0.3 is 5.97 Å². The topological polar surface area (TPSA) is 84.9 Å². The first-order chi connectivity index (χ1) is 23.2. The van der Waals surface area contributed by atoms with E-state index in [1.165, 1.54) is 16.7 Å². The highest BCUT2D eigenvalue weighted by molar-refractivity contribution is 8.00. The predicted molar refractivity (Wildman–Crippen MR) is 195 cm³/mol. The number of thioether (sulfide) groups is 1. The van der Waals surface area contributed by atoms with Gasteiger partial charge in [0.15, 0.2) is 6.61 Å². The Kier molecular flexibility index (Phi) is 10.7. The van der Waals surface area contributed by atoms with Gasteiger partial charge in [0.25, 0.3) is 11.8 Å². The first kappa shape index (κ1) is 34.3. The third-order valence-electron chi connectivity index (χ3n) is 8.06. The van der Waals surface area contributed by atoms with E-state index >= 15 is 0 Å². The van der Waals surface area contributed by atoms with Crippen LogP contribution in [0.3, 0.4) is 0 Å². The fraction of sp³-hybridized carbons (Fsp3) is 0.194. The standard InChI is InChI=1S/C36H30Cl3N2O5PS/c37-36(38,39)24-46-35(44)32-25(23-48-34-31(33(43)41(32)34)40-30(42)21-45-26-13-5-1-6-14-26)22-47(27-15-7-2-8-16-27,28-17-9-3-10-18-28)29-19-11-4-12-20-29/h1-20,31,34H,21-24H2/p+1/t31-,34+/m1/s1. The van der Waals surface area contributed by atoms with Crippen LogP contribution in [0.25, 0.3) is 0 Å². The number of β-lactam (4-membered cyclic amide) rings is 1. The fourth-order valence-corrected chi connectivity index (χ4v) is 11.9. The number of ether oxygens (including phenoxy) is 2. The summed E-state index contributed by atoms with van der Waals surface area (Å²) >= 11 is 19.4. The van der Waals surface area contributed by atoms with Crippen molar-refractivity contribution in [3.63, 3.8) is 0 Å². The molecule has 2 heterocycles. The summed E-state index contributed by atoms with van der Waals surface area (Å²) < 4.78 is 9.25. The Hall–Kier alpha value is -3.52. The summed E-state index contributed by atoms with van der Waals surface area (Å²) in [6.45, 7) is -0.761. The molecule has 2 amide bonds. The van der Waals surface area contributed by atoms with Crippen LogP contribution in [0.15, 0.2) is 133 Å². The molecule has 4 aromatic carbocycles. The first-order valence-corrected chi connectivity index (χ1v) is 19.3. The number of halogens is 3. The summed E-state index contributed by atoms with van der Waals surface area (Å²) in [5, 5.41) is 5.61. The van der Waals surface area contributed by atoms with E-state index in [-0.39, 0.29) is 12.3 Å². The Labute approximate surface area is 298 Å². The van der Waals surface area contributed by atoms with Crippen LogP contribution in [0.2, 0.25) is 0 Å². The second kappa shape index (κ2) is 14.9. The molecule has 0 bridgehead atoms. The molecule has 48 heavy (non-hydrogen) atoms. The van der Waals surface area contributed by atoms with E-state index in [0.717, 1.165) is 21.5 Å². The summed E-state index contributed by atoms with van der Waals surface area (Å²) in [5.41, 5.74) is 0.859. The van der Waals surface area contributed by atoms with Crippen LogP contribution in [-0.4, -0.2) is 63.0 Å². The van der Waals surface area contributed by atoms with Gasteiger partial charge in [0, 0.05) is 11.3 Å². The number of nitrogens with zero attached hydrogens (tertiary/aromatic N) is 1. The molecule has 1 fully saturated rings. The van der Waals surface area contributed by atoms with Crippen LogP contribution in [0.5, 0.6) is 5.75 Å². The number of nitrogens with one attached hydrogen (secondary N) is 1. The molecule has 0 radical (unpaired) electrons. The SMILES string of the molecule is O=C(COc1ccccc1)N[C@@H]1C(=O)N2C(C(=O)OCC(Cl)(Cl)Cl)=C(C[P+](c3ccccc3)(c3ccccc3)c3ccccc3)CS[C@@H]12. The second-order valence-electron chi connectivity index (χ2n) is 11.2. The van der Waals surface area contributed by atoms with Crippen molar-refractivity contribution in [3.8, 4) is 5.75 Å². The molecule has 2 aliphatic heterocycles. The molecule has 0 saturated carbocycles. The molecule has 0 aromatic heterocycles. The van der Waals surface area contributed by atoms with E-state index in [2.05, 4.69) is 41.7 Å². The smallest absolute Gasteiger partial charge is 0.355 e. The highest BCUT2D eigenvalue weighted by atomic mass is 35.6. The van der Waals surface area contributed by atoms with E-state index in [1.807, 2.05) is 60.7 Å². The predicted octanol–water partition coefficient (Wildman–Crippen LogP) is 5.63. The van der Waals surface area contributed by atoms with Crippen molar-refractivity contribution >= 4 is 87.5 Å². The number of hydrogen-bond acceptors (Lipinski definition) is 6. The van der Waals surface area contributed by atoms with E-state index in [1.54, 1.807) is 24.3 Å². The van der Waals surface area contributed by atoms with E-state index < -0.39 is 46.9 Å². The summed E-state index contributed by atoms with van der Waals surface area (Å²) in [4.78, 5) is 42.0. The van der Waals surface area contributed by atoms with Crippen LogP contribution in [0.1, 0.15) is 0 Å². The quantitative estimate of drug-likeness (QED) is 0.0930. The number of esters is 1. The lowest BCUT2D eigenvalue weighted by Gasteiger charge is -2.50. The van der Waals surface area contributed by atoms with Crippen molar-refractivity contribution in [3.05, 3.63) is 133 Å². The number of carbonyl (C=O) groups is 3. The Morgan fingerprint density at radius 2 is 1.31 bits per heavy atom. The van der Waals surface area contributed by atoms with Crippen molar-refractivity contribution in [2.45, 2.75) is 15.2 Å². The highest BCUT2D eigenvalue weighted by Crippen LogP contribution is 2.58. The highest BCUT2D eigenvalue weighted by Gasteiger charge is 2.56. The van der Waals surface area contributed by atoms with Crippen LogP contribution in [0, 0.1) is 0 Å². The van der Waals surface area contributed by atoms with Crippen LogP contribution >= 0.6 is 53.8 Å². The third-order valence-corrected chi connectivity index (χ3v) is 14.1. The lowest BCUT2D eigenvalue weighted by molar-refractivity contribution is -0.153.